The van der Waals surface area contributed by atoms with Gasteiger partial charge in [-0.25, -0.2) is 0 Å². The molecule has 0 rings (SSSR count). The van der Waals surface area contributed by atoms with E-state index in [-0.39, 0.29) is 99.2 Å². The third-order valence-corrected chi connectivity index (χ3v) is 3.06. The predicted octanol–water partition coefficient (Wildman–Crippen LogP) is 12.7. The van der Waals surface area contributed by atoms with Crippen LogP contribution < -0.4 is 0 Å². The number of ketones is 1. The summed E-state index contributed by atoms with van der Waals surface area (Å²) in [6, 6.07) is 0. The standard InChI is InChI=1S/C9H16O2.C5H12O.C4H7F3.CH3F.10CH4/c1-5-8(4)11-6-9(10)7(2)3;1-4-5(2)6-3;1-2-3-4(5,6)7;1-2;;;;;;;;;;/h8H,2,5-6H2,1,3-4H3;5H,4H2,1-3H3;2-3H2,1H3;1H3;10*1H4. The fourth-order valence-corrected chi connectivity index (χ4v) is 0.909. The fraction of sp³-hybridized carbons (Fsp3) is 0.897. The highest BCUT2D eigenvalue weighted by atomic mass is 19.4. The van der Waals surface area contributed by atoms with Gasteiger partial charge in [0.15, 0.2) is 5.78 Å². The SMILES string of the molecule is C.C.C.C.C.C.C.C.C.C.C=C(C)C(=O)COC(C)CC.CCC(C)OC.CCCC(F)(F)F.CF. The molecule has 2 unspecified atom stereocenters. The van der Waals surface area contributed by atoms with Crippen molar-refractivity contribution >= 4 is 5.78 Å². The Hall–Kier alpha value is -0.950. The van der Waals surface area contributed by atoms with Crippen LogP contribution in [0.4, 0.5) is 17.6 Å². The molecule has 0 bridgehead atoms. The number of hydrogen-bond donors (Lipinski definition) is 0. The molecule has 0 aliphatic heterocycles. The quantitative estimate of drug-likeness (QED) is 0.223. The van der Waals surface area contributed by atoms with Gasteiger partial charge in [0.1, 0.15) is 6.61 Å². The number of carbonyl (C=O) groups is 1. The van der Waals surface area contributed by atoms with Crippen LogP contribution in [0, 0.1) is 0 Å². The molecule has 0 amide bonds. The Labute approximate surface area is 230 Å². The highest BCUT2D eigenvalue weighted by Crippen LogP contribution is 2.20. The monoisotopic (exact) mass is 551 g/mol. The first kappa shape index (κ1) is 91.7. The minimum atomic E-state index is -3.95. The van der Waals surface area contributed by atoms with Gasteiger partial charge in [0.2, 0.25) is 0 Å². The highest BCUT2D eigenvalue weighted by Gasteiger charge is 2.24. The summed E-state index contributed by atoms with van der Waals surface area (Å²) in [6.45, 7) is 15.0. The van der Waals surface area contributed by atoms with Crippen molar-refractivity contribution in [2.75, 3.05) is 20.9 Å². The van der Waals surface area contributed by atoms with Crippen LogP contribution in [0.25, 0.3) is 0 Å². The van der Waals surface area contributed by atoms with Crippen molar-refractivity contribution < 1.29 is 31.8 Å². The maximum Gasteiger partial charge on any atom is 0.389 e. The topological polar surface area (TPSA) is 35.5 Å². The molecule has 240 valence electrons. The third kappa shape index (κ3) is 104. The lowest BCUT2D eigenvalue weighted by molar-refractivity contribution is -0.134. The maximum absolute atomic E-state index is 11.1. The first-order chi connectivity index (χ1) is 11.9. The molecule has 0 aliphatic rings. The summed E-state index contributed by atoms with van der Waals surface area (Å²) in [5, 5.41) is 0. The zero-order valence-electron chi connectivity index (χ0n) is 17.6. The molecular weight excluding hydrogens is 472 g/mol. The minimum Gasteiger partial charge on any atom is -0.382 e. The smallest absolute Gasteiger partial charge is 0.382 e. The van der Waals surface area contributed by atoms with E-state index in [4.69, 9.17) is 9.47 Å². The van der Waals surface area contributed by atoms with Crippen LogP contribution in [0.5, 0.6) is 0 Å². The van der Waals surface area contributed by atoms with Crippen molar-refractivity contribution in [3.63, 3.8) is 0 Å². The number of carbonyl (C=O) groups excluding carboxylic acids is 1. The largest absolute Gasteiger partial charge is 0.389 e. The van der Waals surface area contributed by atoms with Crippen LogP contribution in [0.3, 0.4) is 0 Å². The van der Waals surface area contributed by atoms with Gasteiger partial charge in [-0.15, -0.1) is 0 Å². The number of halogens is 4. The second-order valence-corrected chi connectivity index (χ2v) is 5.55. The van der Waals surface area contributed by atoms with Crippen LogP contribution in [-0.4, -0.2) is 45.1 Å². The number of Topliss-reactive ketones (excluding diaryl/α,β-unsaturated/α-hetero) is 1. The lowest BCUT2D eigenvalue weighted by Gasteiger charge is -2.08. The average Bonchev–Trinajstić information content (AvgIpc) is 2.60. The molecular formula is C29H78F4O3. The Morgan fingerprint density at radius 3 is 1.19 bits per heavy atom. The lowest BCUT2D eigenvalue weighted by Crippen LogP contribution is -2.15. The normalized spacial score (nSPS) is 8.78. The molecule has 0 aromatic carbocycles. The van der Waals surface area contributed by atoms with Crippen LogP contribution in [0.15, 0.2) is 12.2 Å². The fourth-order valence-electron chi connectivity index (χ4n) is 0.909. The number of ether oxygens (including phenoxy) is 2. The maximum atomic E-state index is 11.1. The highest BCUT2D eigenvalue weighted by molar-refractivity contribution is 5.95. The van der Waals surface area contributed by atoms with Crippen LogP contribution >= 0.6 is 0 Å². The van der Waals surface area contributed by atoms with Gasteiger partial charge in [-0.05, 0) is 45.6 Å². The molecule has 36 heavy (non-hydrogen) atoms. The van der Waals surface area contributed by atoms with Crippen molar-refractivity contribution in [1.29, 1.82) is 0 Å². The number of rotatable bonds is 8. The molecule has 0 spiro atoms. The summed E-state index contributed by atoms with van der Waals surface area (Å²) in [6.07, 6.45) is -1.78. The van der Waals surface area contributed by atoms with Gasteiger partial charge in [-0.3, -0.25) is 9.18 Å². The van der Waals surface area contributed by atoms with Gasteiger partial charge in [-0.2, -0.15) is 13.2 Å². The van der Waals surface area contributed by atoms with Gasteiger partial charge < -0.3 is 9.47 Å². The van der Waals surface area contributed by atoms with E-state index in [9.17, 15) is 22.4 Å². The van der Waals surface area contributed by atoms with Crippen LogP contribution in [0.1, 0.15) is 141 Å². The molecule has 0 saturated heterocycles. The van der Waals surface area contributed by atoms with E-state index in [0.717, 1.165) is 12.8 Å². The minimum absolute atomic E-state index is 0. The zero-order chi connectivity index (χ0) is 21.8. The summed E-state index contributed by atoms with van der Waals surface area (Å²) >= 11 is 0. The molecule has 3 nitrogen and oxygen atoms in total. The average molecular weight is 551 g/mol. The number of alkyl halides is 4. The molecule has 2 atom stereocenters. The van der Waals surface area contributed by atoms with E-state index >= 15 is 0 Å². The second kappa shape index (κ2) is 64.3. The van der Waals surface area contributed by atoms with Gasteiger partial charge in [0, 0.05) is 13.5 Å². The van der Waals surface area contributed by atoms with Crippen molar-refractivity contribution in [3.05, 3.63) is 12.2 Å². The Morgan fingerprint density at radius 1 is 0.778 bits per heavy atom. The van der Waals surface area contributed by atoms with E-state index in [2.05, 4.69) is 20.4 Å². The van der Waals surface area contributed by atoms with Crippen molar-refractivity contribution in [1.82, 2.24) is 0 Å². The third-order valence-electron chi connectivity index (χ3n) is 3.06. The van der Waals surface area contributed by atoms with E-state index < -0.39 is 12.6 Å². The molecule has 0 aliphatic carbocycles. The Balaban J connectivity index is -0.0000000147. The van der Waals surface area contributed by atoms with Gasteiger partial charge in [0.05, 0.1) is 19.4 Å². The van der Waals surface area contributed by atoms with Gasteiger partial charge in [-0.1, -0.05) is 102 Å². The molecule has 7 heteroatoms. The van der Waals surface area contributed by atoms with Crippen molar-refractivity contribution in [2.45, 2.75) is 160 Å². The first-order valence-electron chi connectivity index (χ1n) is 8.72. The number of hydrogen-bond acceptors (Lipinski definition) is 3. The van der Waals surface area contributed by atoms with Gasteiger partial charge >= 0.3 is 6.18 Å². The zero-order valence-corrected chi connectivity index (χ0v) is 17.6. The Bertz CT molecular complexity index is 318. The Morgan fingerprint density at radius 2 is 1.08 bits per heavy atom. The molecule has 0 aromatic heterocycles. The molecule has 0 saturated carbocycles. The Kier molecular flexibility index (Phi) is 164. The molecule has 0 aromatic rings. The summed E-state index contributed by atoms with van der Waals surface area (Å²) in [5.74, 6) is -0.00898. The van der Waals surface area contributed by atoms with E-state index in [1.54, 1.807) is 14.0 Å². The molecule has 0 N–H and O–H groups in total. The molecule has 0 fully saturated rings. The van der Waals surface area contributed by atoms with Crippen molar-refractivity contribution in [3.8, 4) is 0 Å². The van der Waals surface area contributed by atoms with E-state index in [1.165, 1.54) is 6.92 Å². The molecule has 0 radical (unpaired) electrons. The second-order valence-electron chi connectivity index (χ2n) is 5.55. The number of methoxy groups -OCH3 is 1. The summed E-state index contributed by atoms with van der Waals surface area (Å²) in [7, 11) is 2.23. The summed E-state index contributed by atoms with van der Waals surface area (Å²) in [4.78, 5) is 10.9. The van der Waals surface area contributed by atoms with Gasteiger partial charge in [0.25, 0.3) is 0 Å². The van der Waals surface area contributed by atoms with Crippen molar-refractivity contribution in [2.24, 2.45) is 0 Å². The van der Waals surface area contributed by atoms with E-state index in [1.807, 2.05) is 13.8 Å². The van der Waals surface area contributed by atoms with Crippen LogP contribution in [-0.2, 0) is 14.3 Å². The summed E-state index contributed by atoms with van der Waals surface area (Å²) in [5.41, 5.74) is 0.563. The van der Waals surface area contributed by atoms with E-state index in [0.29, 0.717) is 18.9 Å². The predicted molar refractivity (Wildman–Crippen MR) is 168 cm³/mol. The molecule has 0 heterocycles. The first-order valence-corrected chi connectivity index (χ1v) is 8.72. The lowest BCUT2D eigenvalue weighted by atomic mass is 10.2. The summed E-state index contributed by atoms with van der Waals surface area (Å²) < 4.78 is 52.8. The van der Waals surface area contributed by atoms with Crippen LogP contribution in [0.2, 0.25) is 0 Å².